The van der Waals surface area contributed by atoms with Gasteiger partial charge in [-0.15, -0.1) is 11.3 Å². The highest BCUT2D eigenvalue weighted by Crippen LogP contribution is 2.50. The van der Waals surface area contributed by atoms with Crippen LogP contribution in [-0.4, -0.2) is 6.71 Å². The Labute approximate surface area is 355 Å². The molecule has 8 aromatic carbocycles. The van der Waals surface area contributed by atoms with Gasteiger partial charge in [0.25, 0.3) is 6.71 Å². The predicted molar refractivity (Wildman–Crippen MR) is 255 cm³/mol. The highest BCUT2D eigenvalue weighted by Gasteiger charge is 2.45. The number of rotatable bonds is 3. The van der Waals surface area contributed by atoms with E-state index in [2.05, 4.69) is 217 Å². The van der Waals surface area contributed by atoms with Gasteiger partial charge in [-0.1, -0.05) is 112 Å². The summed E-state index contributed by atoms with van der Waals surface area (Å²) in [5.74, 6) is 1.59. The van der Waals surface area contributed by atoms with Gasteiger partial charge in [0, 0.05) is 72.5 Å². The minimum absolute atomic E-state index is 0.00927. The number of ether oxygens (including phenoxy) is 1. The van der Waals surface area contributed by atoms with Crippen LogP contribution in [0.1, 0.15) is 26.3 Å². The number of anilines is 9. The van der Waals surface area contributed by atoms with Crippen LogP contribution in [0.15, 0.2) is 188 Å². The van der Waals surface area contributed by atoms with Crippen LogP contribution >= 0.6 is 11.3 Å². The lowest BCUT2D eigenvalue weighted by Gasteiger charge is -2.43. The van der Waals surface area contributed by atoms with E-state index < -0.39 is 0 Å². The van der Waals surface area contributed by atoms with E-state index in [9.17, 15) is 0 Å². The van der Waals surface area contributed by atoms with Crippen LogP contribution in [0, 0.1) is 0 Å². The van der Waals surface area contributed by atoms with Gasteiger partial charge in [-0.3, -0.25) is 0 Å². The Kier molecular flexibility index (Phi) is 7.72. The quantitative estimate of drug-likeness (QED) is 0.166. The van der Waals surface area contributed by atoms with E-state index in [-0.39, 0.29) is 12.1 Å². The first kappa shape index (κ1) is 35.0. The van der Waals surface area contributed by atoms with Crippen molar-refractivity contribution in [2.45, 2.75) is 26.2 Å². The van der Waals surface area contributed by atoms with Crippen LogP contribution in [-0.2, 0) is 5.41 Å². The van der Waals surface area contributed by atoms with Gasteiger partial charge in [0.1, 0.15) is 11.5 Å². The molecule has 0 unspecified atom stereocenters. The van der Waals surface area contributed by atoms with Crippen molar-refractivity contribution in [2.75, 3.05) is 14.7 Å². The normalized spacial score (nSPS) is 13.6. The predicted octanol–water partition coefficient (Wildman–Crippen LogP) is 13.5. The summed E-state index contributed by atoms with van der Waals surface area (Å²) in [6.07, 6.45) is 0. The lowest BCUT2D eigenvalue weighted by atomic mass is 9.36. The summed E-state index contributed by atoms with van der Waals surface area (Å²) in [5, 5.41) is 1.27. The minimum atomic E-state index is 0.00927. The molecule has 60 heavy (non-hydrogen) atoms. The van der Waals surface area contributed by atoms with Gasteiger partial charge in [0.15, 0.2) is 0 Å². The SMILES string of the molecule is CC(C)(C)c1ccc(N2c3cccc4c3B(c3ccc5cc3N4c3cccc(c3)Oc3cccc(c3)N5c3ccccc3)c3sc4ccc(-c5ccccc5)cc4c32)cc1. The Bertz CT molecular complexity index is 3140. The number of benzene rings is 8. The second kappa shape index (κ2) is 13.3. The fraction of sp³-hybridized carbons (Fsp3) is 0.0741. The van der Waals surface area contributed by atoms with E-state index in [1.807, 2.05) is 17.4 Å². The van der Waals surface area contributed by atoms with Gasteiger partial charge < -0.3 is 19.4 Å². The van der Waals surface area contributed by atoms with Crippen molar-refractivity contribution in [3.8, 4) is 22.6 Å². The molecule has 4 nitrogen and oxygen atoms in total. The number of hydrogen-bond acceptors (Lipinski definition) is 5. The van der Waals surface area contributed by atoms with Crippen molar-refractivity contribution in [1.29, 1.82) is 0 Å². The molecule has 12 rings (SSSR count). The van der Waals surface area contributed by atoms with Crippen LogP contribution in [0.2, 0.25) is 0 Å². The molecular formula is C54H40BN3OS. The van der Waals surface area contributed by atoms with Gasteiger partial charge in [0.2, 0.25) is 0 Å². The lowest BCUT2D eigenvalue weighted by Crippen LogP contribution is -2.60. The summed E-state index contributed by atoms with van der Waals surface area (Å²) in [4.78, 5) is 7.35. The summed E-state index contributed by atoms with van der Waals surface area (Å²) in [7, 11) is 0. The lowest BCUT2D eigenvalue weighted by molar-refractivity contribution is 0.483. The highest BCUT2D eigenvalue weighted by molar-refractivity contribution is 7.33. The smallest absolute Gasteiger partial charge is 0.264 e. The molecule has 0 atom stereocenters. The number of para-hydroxylation sites is 1. The van der Waals surface area contributed by atoms with Gasteiger partial charge in [-0.25, -0.2) is 0 Å². The summed E-state index contributed by atoms with van der Waals surface area (Å²) < 4.78 is 9.30. The van der Waals surface area contributed by atoms with Gasteiger partial charge >= 0.3 is 0 Å². The van der Waals surface area contributed by atoms with Crippen molar-refractivity contribution in [3.05, 3.63) is 194 Å². The Morgan fingerprint density at radius 2 is 1.07 bits per heavy atom. The average Bonchev–Trinajstić information content (AvgIpc) is 3.65. The Morgan fingerprint density at radius 3 is 1.78 bits per heavy atom. The molecule has 0 aliphatic carbocycles. The summed E-state index contributed by atoms with van der Waals surface area (Å²) in [6.45, 7) is 6.86. The third-order valence-corrected chi connectivity index (χ3v) is 13.6. The maximum absolute atomic E-state index is 6.66. The Morgan fingerprint density at radius 1 is 0.467 bits per heavy atom. The zero-order valence-electron chi connectivity index (χ0n) is 33.6. The van der Waals surface area contributed by atoms with Crippen LogP contribution in [0.25, 0.3) is 21.2 Å². The molecule has 6 bridgehead atoms. The fourth-order valence-electron chi connectivity index (χ4n) is 9.54. The second-order valence-electron chi connectivity index (χ2n) is 17.0. The first-order valence-electron chi connectivity index (χ1n) is 20.7. The summed E-state index contributed by atoms with van der Waals surface area (Å²) in [5.41, 5.74) is 16.6. The topological polar surface area (TPSA) is 19.0 Å². The summed E-state index contributed by atoms with van der Waals surface area (Å²) in [6, 6.07) is 68.7. The minimum Gasteiger partial charge on any atom is -0.457 e. The monoisotopic (exact) mass is 789 g/mol. The highest BCUT2D eigenvalue weighted by atomic mass is 32.1. The molecular weight excluding hydrogens is 749 g/mol. The van der Waals surface area contributed by atoms with Crippen molar-refractivity contribution in [1.82, 2.24) is 0 Å². The van der Waals surface area contributed by atoms with Crippen molar-refractivity contribution >= 4 is 95.0 Å². The van der Waals surface area contributed by atoms with Crippen LogP contribution < -0.4 is 35.1 Å². The zero-order valence-corrected chi connectivity index (χ0v) is 34.4. The van der Waals surface area contributed by atoms with E-state index in [0.717, 1.165) is 45.6 Å². The van der Waals surface area contributed by atoms with Crippen molar-refractivity contribution in [2.24, 2.45) is 0 Å². The third-order valence-electron chi connectivity index (χ3n) is 12.3. The standard InChI is InChI=1S/C54H40BN3OS/c1-54(2,3)37-24-26-39(27-25-37)58-48-22-12-21-47-51(48)55(53-52(58)45-31-36(23-30-50(45)60-53)35-13-6-4-7-14-35)46-29-28-42-34-49(46)57(47)41-18-11-20-44(33-41)59-43-19-10-17-40(32-43)56(42)38-15-8-5-9-16-38/h4-34H,1-3H3. The van der Waals surface area contributed by atoms with E-state index in [0.29, 0.717) is 0 Å². The van der Waals surface area contributed by atoms with E-state index >= 15 is 0 Å². The van der Waals surface area contributed by atoms with Gasteiger partial charge in [-0.2, -0.15) is 0 Å². The van der Waals surface area contributed by atoms with Crippen molar-refractivity contribution < 1.29 is 4.74 Å². The van der Waals surface area contributed by atoms with E-state index in [1.165, 1.54) is 59.5 Å². The Balaban J connectivity index is 1.15. The molecule has 3 aliphatic heterocycles. The molecule has 0 N–H and O–H groups in total. The molecule has 0 radical (unpaired) electrons. The summed E-state index contributed by atoms with van der Waals surface area (Å²) >= 11 is 1.93. The first-order chi connectivity index (χ1) is 29.4. The first-order valence-corrected chi connectivity index (χ1v) is 21.5. The molecule has 0 spiro atoms. The molecule has 0 amide bonds. The van der Waals surface area contributed by atoms with Crippen LogP contribution in [0.5, 0.6) is 11.5 Å². The maximum atomic E-state index is 6.66. The van der Waals surface area contributed by atoms with Gasteiger partial charge in [0.05, 0.1) is 5.69 Å². The van der Waals surface area contributed by atoms with Crippen molar-refractivity contribution in [3.63, 3.8) is 0 Å². The number of fused-ring (bicyclic) bond motifs is 12. The number of thiophene rings is 1. The van der Waals surface area contributed by atoms with Gasteiger partial charge in [-0.05, 0) is 118 Å². The largest absolute Gasteiger partial charge is 0.457 e. The van der Waals surface area contributed by atoms with Crippen LogP contribution in [0.3, 0.4) is 0 Å². The third kappa shape index (κ3) is 5.44. The molecule has 0 fully saturated rings. The molecule has 3 aliphatic rings. The van der Waals surface area contributed by atoms with E-state index in [1.54, 1.807) is 0 Å². The molecule has 6 heteroatoms. The molecule has 4 heterocycles. The molecule has 0 saturated carbocycles. The number of nitrogens with zero attached hydrogens (tertiary/aromatic N) is 3. The molecule has 0 saturated heterocycles. The van der Waals surface area contributed by atoms with E-state index in [4.69, 9.17) is 4.74 Å². The number of hydrogen-bond donors (Lipinski definition) is 0. The Hall–Kier alpha value is -7.02. The maximum Gasteiger partial charge on any atom is 0.264 e. The molecule has 9 aromatic rings. The fourth-order valence-corrected chi connectivity index (χ4v) is 10.8. The zero-order chi connectivity index (χ0) is 40.1. The molecule has 1 aromatic heterocycles. The van der Waals surface area contributed by atoms with Crippen LogP contribution in [0.4, 0.5) is 51.2 Å². The average molecular weight is 790 g/mol. The second-order valence-corrected chi connectivity index (χ2v) is 18.1. The molecule has 286 valence electrons.